The zero-order valence-corrected chi connectivity index (χ0v) is 17.1. The first kappa shape index (κ1) is 19.5. The van der Waals surface area contributed by atoms with Crippen molar-refractivity contribution in [1.29, 1.82) is 0 Å². The Balaban J connectivity index is 1.62. The zero-order valence-electron chi connectivity index (χ0n) is 14.1. The van der Waals surface area contributed by atoms with Crippen LogP contribution in [0.25, 0.3) is 0 Å². The van der Waals surface area contributed by atoms with Gasteiger partial charge in [0.15, 0.2) is 0 Å². The molecule has 0 radical (unpaired) electrons. The van der Waals surface area contributed by atoms with E-state index in [0.29, 0.717) is 11.3 Å². The molecule has 6 nitrogen and oxygen atoms in total. The van der Waals surface area contributed by atoms with Crippen LogP contribution in [0.3, 0.4) is 0 Å². The number of nitrogens with one attached hydrogen (secondary N) is 2. The number of nitrogens with zero attached hydrogens (tertiary/aromatic N) is 1. The summed E-state index contributed by atoms with van der Waals surface area (Å²) in [5, 5.41) is 2.77. The molecule has 1 amide bonds. The van der Waals surface area contributed by atoms with E-state index >= 15 is 0 Å². The van der Waals surface area contributed by atoms with E-state index in [1.807, 2.05) is 0 Å². The van der Waals surface area contributed by atoms with Gasteiger partial charge in [0.05, 0.1) is 4.90 Å². The van der Waals surface area contributed by atoms with Crippen LogP contribution in [-0.2, 0) is 16.6 Å². The number of aromatic nitrogens is 1. The fraction of sp³-hybridized carbons (Fsp3) is 0.0526. The second-order valence-electron chi connectivity index (χ2n) is 5.67. The highest BCUT2D eigenvalue weighted by Crippen LogP contribution is 2.13. The molecule has 0 unspecified atom stereocenters. The molecule has 1 heterocycles. The minimum atomic E-state index is -3.58. The molecule has 0 aliphatic carbocycles. The lowest BCUT2D eigenvalue weighted by Crippen LogP contribution is -2.23. The first-order valence-corrected chi connectivity index (χ1v) is 10.6. The van der Waals surface area contributed by atoms with E-state index in [1.54, 1.807) is 73.1 Å². The topological polar surface area (TPSA) is 88.2 Å². The summed E-state index contributed by atoms with van der Waals surface area (Å²) in [4.78, 5) is 16.3. The normalized spacial score (nSPS) is 11.1. The summed E-state index contributed by atoms with van der Waals surface area (Å²) in [5.74, 6) is -0.243. The number of halogens is 1. The molecule has 8 heteroatoms. The maximum absolute atomic E-state index is 12.3. The molecule has 3 rings (SSSR count). The lowest BCUT2D eigenvalue weighted by atomic mass is 10.1. The number of sulfonamides is 1. The average molecular weight is 493 g/mol. The van der Waals surface area contributed by atoms with Gasteiger partial charge in [-0.3, -0.25) is 9.78 Å². The van der Waals surface area contributed by atoms with Crippen molar-refractivity contribution in [2.75, 3.05) is 5.32 Å². The summed E-state index contributed by atoms with van der Waals surface area (Å²) >= 11 is 2.12. The second kappa shape index (κ2) is 8.59. The van der Waals surface area contributed by atoms with Crippen LogP contribution in [0.1, 0.15) is 15.9 Å². The second-order valence-corrected chi connectivity index (χ2v) is 8.68. The molecule has 1 aromatic heterocycles. The number of pyridine rings is 1. The third kappa shape index (κ3) is 5.34. The predicted octanol–water partition coefficient (Wildman–Crippen LogP) is 3.42. The van der Waals surface area contributed by atoms with Crippen LogP contribution in [0.5, 0.6) is 0 Å². The first-order chi connectivity index (χ1) is 12.9. The molecule has 0 saturated heterocycles. The Morgan fingerprint density at radius 1 is 0.926 bits per heavy atom. The van der Waals surface area contributed by atoms with E-state index in [0.717, 1.165) is 9.13 Å². The predicted molar refractivity (Wildman–Crippen MR) is 112 cm³/mol. The SMILES string of the molecule is O=C(Nc1ccncc1)c1ccc(CNS(=O)(=O)c2ccc(I)cc2)cc1. The van der Waals surface area contributed by atoms with Crippen LogP contribution >= 0.6 is 22.6 Å². The van der Waals surface area contributed by atoms with Gasteiger partial charge in [0.1, 0.15) is 0 Å². The molecule has 0 aliphatic rings. The highest BCUT2D eigenvalue weighted by Gasteiger charge is 2.13. The molecule has 2 aromatic carbocycles. The number of carbonyl (C=O) groups excluding carboxylic acids is 1. The van der Waals surface area contributed by atoms with Crippen molar-refractivity contribution in [3.05, 3.63) is 87.8 Å². The molecule has 2 N–H and O–H groups in total. The van der Waals surface area contributed by atoms with Crippen molar-refractivity contribution >= 4 is 44.2 Å². The lowest BCUT2D eigenvalue weighted by molar-refractivity contribution is 0.102. The number of hydrogen-bond donors (Lipinski definition) is 2. The number of hydrogen-bond acceptors (Lipinski definition) is 4. The molecule has 3 aromatic rings. The highest BCUT2D eigenvalue weighted by molar-refractivity contribution is 14.1. The summed E-state index contributed by atoms with van der Waals surface area (Å²) < 4.78 is 28.2. The third-order valence-corrected chi connectivity index (χ3v) is 5.88. The summed E-state index contributed by atoms with van der Waals surface area (Å²) in [5.41, 5.74) is 1.89. The maximum atomic E-state index is 12.3. The highest BCUT2D eigenvalue weighted by atomic mass is 127. The molecule has 0 saturated carbocycles. The Morgan fingerprint density at radius 2 is 1.56 bits per heavy atom. The van der Waals surface area contributed by atoms with E-state index in [2.05, 4.69) is 37.6 Å². The lowest BCUT2D eigenvalue weighted by Gasteiger charge is -2.08. The molecule has 0 bridgehead atoms. The quantitative estimate of drug-likeness (QED) is 0.516. The summed E-state index contributed by atoms with van der Waals surface area (Å²) in [7, 11) is -3.58. The van der Waals surface area contributed by atoms with E-state index in [4.69, 9.17) is 0 Å². The molecule has 0 fully saturated rings. The minimum absolute atomic E-state index is 0.139. The first-order valence-electron chi connectivity index (χ1n) is 7.99. The fourth-order valence-corrected chi connectivity index (χ4v) is 3.67. The van der Waals surface area contributed by atoms with Crippen molar-refractivity contribution in [3.63, 3.8) is 0 Å². The molecule has 27 heavy (non-hydrogen) atoms. The molecule has 0 spiro atoms. The Bertz CT molecular complexity index is 1020. The molecular formula is C19H16IN3O3S. The van der Waals surface area contributed by atoms with Crippen LogP contribution in [-0.4, -0.2) is 19.3 Å². The monoisotopic (exact) mass is 493 g/mol. The van der Waals surface area contributed by atoms with Crippen molar-refractivity contribution in [1.82, 2.24) is 9.71 Å². The average Bonchev–Trinajstić information content (AvgIpc) is 2.68. The van der Waals surface area contributed by atoms with Gasteiger partial charge in [-0.15, -0.1) is 0 Å². The standard InChI is InChI=1S/C19H16IN3O3S/c20-16-5-7-18(8-6-16)27(25,26)22-13-14-1-3-15(4-2-14)19(24)23-17-9-11-21-12-10-17/h1-12,22H,13H2,(H,21,23,24). The summed E-state index contributed by atoms with van der Waals surface area (Å²) in [6.07, 6.45) is 3.19. The van der Waals surface area contributed by atoms with E-state index < -0.39 is 10.0 Å². The van der Waals surface area contributed by atoms with E-state index in [-0.39, 0.29) is 17.3 Å². The Kier molecular flexibility index (Phi) is 6.19. The van der Waals surface area contributed by atoms with E-state index in [1.165, 1.54) is 0 Å². The molecule has 0 aliphatic heterocycles. The largest absolute Gasteiger partial charge is 0.322 e. The number of carbonyl (C=O) groups is 1. The zero-order chi connectivity index (χ0) is 19.3. The summed E-state index contributed by atoms with van der Waals surface area (Å²) in [6, 6.07) is 16.8. The number of rotatable bonds is 6. The molecule has 0 atom stereocenters. The fourth-order valence-electron chi connectivity index (χ4n) is 2.29. The van der Waals surface area contributed by atoms with Gasteiger partial charge in [-0.1, -0.05) is 12.1 Å². The van der Waals surface area contributed by atoms with Crippen LogP contribution < -0.4 is 10.0 Å². The van der Waals surface area contributed by atoms with Gasteiger partial charge in [-0.2, -0.15) is 0 Å². The molecule has 138 valence electrons. The number of benzene rings is 2. The van der Waals surface area contributed by atoms with Gasteiger partial charge in [0.2, 0.25) is 10.0 Å². The van der Waals surface area contributed by atoms with Crippen molar-refractivity contribution in [3.8, 4) is 0 Å². The Labute approximate surface area is 171 Å². The third-order valence-electron chi connectivity index (χ3n) is 3.74. The van der Waals surface area contributed by atoms with Crippen molar-refractivity contribution < 1.29 is 13.2 Å². The van der Waals surface area contributed by atoms with Gasteiger partial charge in [-0.05, 0) is 76.7 Å². The van der Waals surface area contributed by atoms with E-state index in [9.17, 15) is 13.2 Å². The minimum Gasteiger partial charge on any atom is -0.322 e. The smallest absolute Gasteiger partial charge is 0.255 e. The van der Waals surface area contributed by atoms with Gasteiger partial charge in [0.25, 0.3) is 5.91 Å². The number of amides is 1. The Morgan fingerprint density at radius 3 is 2.19 bits per heavy atom. The molecular weight excluding hydrogens is 477 g/mol. The van der Waals surface area contributed by atoms with Crippen LogP contribution in [0.4, 0.5) is 5.69 Å². The van der Waals surface area contributed by atoms with Crippen LogP contribution in [0.2, 0.25) is 0 Å². The van der Waals surface area contributed by atoms with Gasteiger partial charge >= 0.3 is 0 Å². The van der Waals surface area contributed by atoms with Crippen molar-refractivity contribution in [2.45, 2.75) is 11.4 Å². The summed E-state index contributed by atoms with van der Waals surface area (Å²) in [6.45, 7) is 0.139. The van der Waals surface area contributed by atoms with Crippen LogP contribution in [0, 0.1) is 3.57 Å². The van der Waals surface area contributed by atoms with Crippen LogP contribution in [0.15, 0.2) is 78.0 Å². The number of anilines is 1. The van der Waals surface area contributed by atoms with Gasteiger partial charge in [-0.25, -0.2) is 13.1 Å². The Hall–Kier alpha value is -2.30. The van der Waals surface area contributed by atoms with Crippen molar-refractivity contribution in [2.24, 2.45) is 0 Å². The van der Waals surface area contributed by atoms with Gasteiger partial charge < -0.3 is 5.32 Å². The maximum Gasteiger partial charge on any atom is 0.255 e. The van der Waals surface area contributed by atoms with Gasteiger partial charge in [0, 0.05) is 33.8 Å².